The summed E-state index contributed by atoms with van der Waals surface area (Å²) in [5.74, 6) is -0.398. The van der Waals surface area contributed by atoms with Gasteiger partial charge in [0.05, 0.1) is 29.0 Å². The van der Waals surface area contributed by atoms with E-state index in [-0.39, 0.29) is 30.3 Å². The highest BCUT2D eigenvalue weighted by atomic mass is 16.6. The van der Waals surface area contributed by atoms with Crippen LogP contribution in [0, 0.1) is 0 Å². The van der Waals surface area contributed by atoms with Gasteiger partial charge in [-0.2, -0.15) is 0 Å². The summed E-state index contributed by atoms with van der Waals surface area (Å²) >= 11 is 0. The first-order valence-corrected chi connectivity index (χ1v) is 10.1. The fraction of sp³-hybridized carbons (Fsp3) is 0.348. The average molecular weight is 406 g/mol. The molecule has 5 rings (SSSR count). The number of cyclic esters (lactones) is 1. The second kappa shape index (κ2) is 6.15. The lowest BCUT2D eigenvalue weighted by molar-refractivity contribution is -0.172. The van der Waals surface area contributed by atoms with Gasteiger partial charge in [-0.25, -0.2) is 9.78 Å². The maximum Gasteiger partial charge on any atom is 0.343 e. The van der Waals surface area contributed by atoms with Crippen molar-refractivity contribution in [2.24, 2.45) is 0 Å². The Hall–Kier alpha value is -3.19. The third-order valence-corrected chi connectivity index (χ3v) is 6.29. The SMILES string of the molecule is CC[C@@]1(O)C(=O)OCc2c1cc1n(c2=O)Cc2cc3c(C(C)C)c(O)ccc3nc2-1. The molecule has 30 heavy (non-hydrogen) atoms. The van der Waals surface area contributed by atoms with E-state index in [1.807, 2.05) is 19.9 Å². The molecule has 0 saturated heterocycles. The van der Waals surface area contributed by atoms with Crippen molar-refractivity contribution in [3.8, 4) is 17.1 Å². The molecule has 3 aromatic rings. The zero-order valence-electron chi connectivity index (χ0n) is 17.0. The second-order valence-electron chi connectivity index (χ2n) is 8.32. The van der Waals surface area contributed by atoms with Crippen molar-refractivity contribution in [2.45, 2.75) is 51.9 Å². The molecule has 2 aliphatic rings. The van der Waals surface area contributed by atoms with E-state index in [0.717, 1.165) is 22.0 Å². The Morgan fingerprint density at radius 3 is 2.73 bits per heavy atom. The van der Waals surface area contributed by atoms with Crippen molar-refractivity contribution in [3.05, 3.63) is 56.9 Å². The van der Waals surface area contributed by atoms with Crippen LogP contribution in [0.2, 0.25) is 0 Å². The summed E-state index contributed by atoms with van der Waals surface area (Å²) in [5, 5.41) is 22.1. The Balaban J connectivity index is 1.79. The van der Waals surface area contributed by atoms with Gasteiger partial charge < -0.3 is 19.5 Å². The first-order chi connectivity index (χ1) is 14.3. The number of phenols is 1. The molecule has 4 heterocycles. The normalized spacial score (nSPS) is 19.6. The minimum atomic E-state index is -1.83. The number of esters is 1. The lowest BCUT2D eigenvalue weighted by atomic mass is 9.86. The first-order valence-electron chi connectivity index (χ1n) is 10.1. The Bertz CT molecular complexity index is 1310. The topological polar surface area (TPSA) is 102 Å². The molecule has 0 bridgehead atoms. The minimum Gasteiger partial charge on any atom is -0.508 e. The number of carbonyl (C=O) groups is 1. The first kappa shape index (κ1) is 18.8. The van der Waals surface area contributed by atoms with Crippen LogP contribution in [-0.4, -0.2) is 25.7 Å². The smallest absolute Gasteiger partial charge is 0.343 e. The molecule has 7 heteroatoms. The lowest BCUT2D eigenvalue weighted by Gasteiger charge is -2.31. The van der Waals surface area contributed by atoms with Gasteiger partial charge in [0.15, 0.2) is 5.60 Å². The van der Waals surface area contributed by atoms with Crippen LogP contribution in [0.25, 0.3) is 22.3 Å². The van der Waals surface area contributed by atoms with Crippen LogP contribution in [0.5, 0.6) is 5.75 Å². The second-order valence-corrected chi connectivity index (χ2v) is 8.32. The molecule has 0 fully saturated rings. The maximum absolute atomic E-state index is 13.2. The predicted octanol–water partition coefficient (Wildman–Crippen LogP) is 2.91. The summed E-state index contributed by atoms with van der Waals surface area (Å²) in [7, 11) is 0. The quantitative estimate of drug-likeness (QED) is 0.497. The van der Waals surface area contributed by atoms with Crippen LogP contribution in [0.15, 0.2) is 29.1 Å². The average Bonchev–Trinajstić information content (AvgIpc) is 3.07. The van der Waals surface area contributed by atoms with Gasteiger partial charge in [-0.3, -0.25) is 4.79 Å². The highest BCUT2D eigenvalue weighted by Gasteiger charge is 2.45. The summed E-state index contributed by atoms with van der Waals surface area (Å²) in [5.41, 5.74) is 2.14. The number of aromatic hydroxyl groups is 1. The Labute approximate surface area is 172 Å². The minimum absolute atomic E-state index is 0.107. The van der Waals surface area contributed by atoms with Crippen LogP contribution in [-0.2, 0) is 28.3 Å². The summed E-state index contributed by atoms with van der Waals surface area (Å²) in [6, 6.07) is 7.08. The number of benzene rings is 1. The number of rotatable bonds is 2. The number of fused-ring (bicyclic) bond motifs is 5. The number of hydrogen-bond acceptors (Lipinski definition) is 6. The molecule has 0 amide bonds. The van der Waals surface area contributed by atoms with Crippen molar-refractivity contribution >= 4 is 16.9 Å². The molecule has 0 spiro atoms. The highest BCUT2D eigenvalue weighted by molar-refractivity contribution is 5.89. The summed E-state index contributed by atoms with van der Waals surface area (Å²) in [6.07, 6.45) is 0.108. The van der Waals surface area contributed by atoms with Gasteiger partial charge in [0.1, 0.15) is 12.4 Å². The van der Waals surface area contributed by atoms with Gasteiger partial charge in [0.2, 0.25) is 0 Å². The Morgan fingerprint density at radius 2 is 2.03 bits per heavy atom. The van der Waals surface area contributed by atoms with Gasteiger partial charge in [-0.1, -0.05) is 20.8 Å². The van der Waals surface area contributed by atoms with Crippen molar-refractivity contribution in [2.75, 3.05) is 0 Å². The Kier molecular flexibility index (Phi) is 3.86. The number of aliphatic hydroxyl groups is 1. The van der Waals surface area contributed by atoms with E-state index in [0.29, 0.717) is 29.1 Å². The van der Waals surface area contributed by atoms with Crippen molar-refractivity contribution in [3.63, 3.8) is 0 Å². The number of nitrogens with zero attached hydrogens (tertiary/aromatic N) is 2. The molecule has 0 aliphatic carbocycles. The number of hydrogen-bond donors (Lipinski definition) is 2. The van der Waals surface area contributed by atoms with E-state index < -0.39 is 11.6 Å². The molecule has 1 aromatic carbocycles. The van der Waals surface area contributed by atoms with Crippen LogP contribution >= 0.6 is 0 Å². The van der Waals surface area contributed by atoms with Crippen LogP contribution in [0.4, 0.5) is 0 Å². The van der Waals surface area contributed by atoms with Crippen molar-refractivity contribution in [1.29, 1.82) is 0 Å². The lowest BCUT2D eigenvalue weighted by Crippen LogP contribution is -2.44. The fourth-order valence-corrected chi connectivity index (χ4v) is 4.67. The fourth-order valence-electron chi connectivity index (χ4n) is 4.67. The predicted molar refractivity (Wildman–Crippen MR) is 110 cm³/mol. The molecular formula is C23H22N2O5. The van der Waals surface area contributed by atoms with E-state index >= 15 is 0 Å². The summed E-state index contributed by atoms with van der Waals surface area (Å²) < 4.78 is 6.71. The monoisotopic (exact) mass is 406 g/mol. The molecule has 0 unspecified atom stereocenters. The summed E-state index contributed by atoms with van der Waals surface area (Å²) in [6.45, 7) is 5.90. The largest absolute Gasteiger partial charge is 0.508 e. The van der Waals surface area contributed by atoms with E-state index in [1.165, 1.54) is 0 Å². The van der Waals surface area contributed by atoms with Gasteiger partial charge in [0.25, 0.3) is 5.56 Å². The molecular weight excluding hydrogens is 384 g/mol. The van der Waals surface area contributed by atoms with Gasteiger partial charge in [0, 0.05) is 22.1 Å². The van der Waals surface area contributed by atoms with Crippen LogP contribution < -0.4 is 5.56 Å². The zero-order chi connectivity index (χ0) is 21.4. The number of phenolic OH excluding ortho intramolecular Hbond substituents is 1. The molecule has 154 valence electrons. The standard InChI is InChI=1S/C23H22N2O5/c1-4-23(29)15-8-17-20-12(9-25(17)21(27)14(15)10-30-22(23)28)7-13-16(24-20)5-6-18(26)19(13)11(2)3/h5-8,11,26,29H,4,9-10H2,1-3H3/t23-/m0/s1. The molecule has 2 N–H and O–H groups in total. The molecule has 1 atom stereocenters. The van der Waals surface area contributed by atoms with Crippen molar-refractivity contribution in [1.82, 2.24) is 9.55 Å². The zero-order valence-corrected chi connectivity index (χ0v) is 17.0. The number of pyridine rings is 2. The third-order valence-electron chi connectivity index (χ3n) is 6.29. The van der Waals surface area contributed by atoms with Crippen molar-refractivity contribution < 1.29 is 19.7 Å². The number of aromatic nitrogens is 2. The van der Waals surface area contributed by atoms with E-state index in [2.05, 4.69) is 0 Å². The molecule has 0 radical (unpaired) electrons. The van der Waals surface area contributed by atoms with E-state index in [1.54, 1.807) is 29.7 Å². The molecule has 2 aliphatic heterocycles. The Morgan fingerprint density at radius 1 is 1.27 bits per heavy atom. The highest BCUT2D eigenvalue weighted by Crippen LogP contribution is 2.40. The van der Waals surface area contributed by atoms with Gasteiger partial charge >= 0.3 is 5.97 Å². The molecule has 2 aromatic heterocycles. The van der Waals surface area contributed by atoms with E-state index in [4.69, 9.17) is 9.72 Å². The van der Waals surface area contributed by atoms with Gasteiger partial charge in [-0.05, 0) is 36.6 Å². The molecule has 0 saturated carbocycles. The number of carbonyl (C=O) groups excluding carboxylic acids is 1. The maximum atomic E-state index is 13.2. The summed E-state index contributed by atoms with van der Waals surface area (Å²) in [4.78, 5) is 30.2. The third kappa shape index (κ3) is 2.32. The van der Waals surface area contributed by atoms with E-state index in [9.17, 15) is 19.8 Å². The molecule has 7 nitrogen and oxygen atoms in total. The van der Waals surface area contributed by atoms with Crippen LogP contribution in [0.1, 0.15) is 55.4 Å². The van der Waals surface area contributed by atoms with Crippen LogP contribution in [0.3, 0.4) is 0 Å². The number of ether oxygens (including phenoxy) is 1. The van der Waals surface area contributed by atoms with Gasteiger partial charge in [-0.15, -0.1) is 0 Å².